The molecule has 5 rings (SSSR count). The van der Waals surface area contributed by atoms with E-state index in [4.69, 9.17) is 9.90 Å². The highest BCUT2D eigenvalue weighted by Gasteiger charge is 2.31. The molecule has 0 bridgehead atoms. The number of nitrogens with one attached hydrogen (secondary N) is 2. The summed E-state index contributed by atoms with van der Waals surface area (Å²) in [4.78, 5) is 36.6. The molecule has 1 aliphatic heterocycles. The van der Waals surface area contributed by atoms with Crippen molar-refractivity contribution in [2.45, 2.75) is 44.3 Å². The molecule has 1 saturated heterocycles. The molecular formula is C37H39F3N4O8S. The molecule has 1 fully saturated rings. The van der Waals surface area contributed by atoms with Gasteiger partial charge in [0.1, 0.15) is 5.75 Å². The molecule has 282 valence electrons. The van der Waals surface area contributed by atoms with Gasteiger partial charge in [-0.1, -0.05) is 60.7 Å². The van der Waals surface area contributed by atoms with Crippen LogP contribution in [0.15, 0.2) is 103 Å². The Balaban J connectivity index is 0.00000202. The van der Waals surface area contributed by atoms with E-state index in [1.807, 2.05) is 30.3 Å². The second-order valence-electron chi connectivity index (χ2n) is 12.0. The Kier molecular flexibility index (Phi) is 14.0. The number of amides is 2. The molecule has 0 saturated carbocycles. The smallest absolute Gasteiger partial charge is 0.483 e. The normalized spacial score (nSPS) is 14.1. The summed E-state index contributed by atoms with van der Waals surface area (Å²) < 4.78 is 69.4. The van der Waals surface area contributed by atoms with Crippen molar-refractivity contribution in [1.29, 1.82) is 0 Å². The highest BCUT2D eigenvalue weighted by Crippen LogP contribution is 2.34. The number of ether oxygens (including phenoxy) is 1. The zero-order valence-corrected chi connectivity index (χ0v) is 29.4. The molecule has 4 aromatic rings. The van der Waals surface area contributed by atoms with Crippen molar-refractivity contribution < 1.29 is 50.9 Å². The first-order chi connectivity index (χ1) is 25.2. The fraction of sp³-hybridized carbons (Fsp3) is 0.270. The molecule has 0 unspecified atom stereocenters. The van der Waals surface area contributed by atoms with Gasteiger partial charge >= 0.3 is 6.36 Å². The maximum Gasteiger partial charge on any atom is 0.573 e. The van der Waals surface area contributed by atoms with Gasteiger partial charge in [0, 0.05) is 37.3 Å². The van der Waals surface area contributed by atoms with Gasteiger partial charge in [0.15, 0.2) is 0 Å². The summed E-state index contributed by atoms with van der Waals surface area (Å²) in [6, 6.07) is 26.6. The van der Waals surface area contributed by atoms with E-state index >= 15 is 0 Å². The fourth-order valence-electron chi connectivity index (χ4n) is 5.78. The van der Waals surface area contributed by atoms with Gasteiger partial charge < -0.3 is 30.5 Å². The number of alkyl halides is 3. The molecular weight excluding hydrogens is 717 g/mol. The number of para-hydroxylation sites is 1. The van der Waals surface area contributed by atoms with Crippen molar-refractivity contribution in [3.05, 3.63) is 120 Å². The van der Waals surface area contributed by atoms with Crippen LogP contribution in [0.2, 0.25) is 0 Å². The summed E-state index contributed by atoms with van der Waals surface area (Å²) in [5, 5.41) is 24.1. The second-order valence-corrected chi connectivity index (χ2v) is 13.8. The third-order valence-corrected chi connectivity index (χ3v) is 9.09. The summed E-state index contributed by atoms with van der Waals surface area (Å²) in [6.07, 6.45) is -3.80. The quantitative estimate of drug-likeness (QED) is 0.130. The molecule has 2 atom stereocenters. The third-order valence-electron chi connectivity index (χ3n) is 8.00. The van der Waals surface area contributed by atoms with Crippen molar-refractivity contribution >= 4 is 45.4 Å². The van der Waals surface area contributed by atoms with Crippen LogP contribution >= 0.6 is 0 Å². The van der Waals surface area contributed by atoms with Crippen molar-refractivity contribution in [2.75, 3.05) is 28.6 Å². The minimum atomic E-state index is -4.83. The van der Waals surface area contributed by atoms with Crippen LogP contribution in [0.1, 0.15) is 34.3 Å². The fourth-order valence-corrected chi connectivity index (χ4v) is 6.77. The highest BCUT2D eigenvalue weighted by molar-refractivity contribution is 7.92. The van der Waals surface area contributed by atoms with Crippen molar-refractivity contribution in [3.63, 3.8) is 0 Å². The van der Waals surface area contributed by atoms with Crippen LogP contribution < -0.4 is 24.6 Å². The lowest BCUT2D eigenvalue weighted by Gasteiger charge is -2.27. The van der Waals surface area contributed by atoms with Crippen LogP contribution in [0, 0.1) is 0 Å². The first kappa shape index (κ1) is 40.3. The lowest BCUT2D eigenvalue weighted by molar-refractivity contribution is -0.274. The number of aliphatic hydroxyl groups excluding tert-OH is 1. The Hall–Kier alpha value is -5.45. The Morgan fingerprint density at radius 1 is 0.962 bits per heavy atom. The number of carbonyl (C=O) groups is 3. The molecule has 53 heavy (non-hydrogen) atoms. The summed E-state index contributed by atoms with van der Waals surface area (Å²) >= 11 is 0. The summed E-state index contributed by atoms with van der Waals surface area (Å²) in [5.41, 5.74) is 2.22. The van der Waals surface area contributed by atoms with E-state index in [-0.39, 0.29) is 48.9 Å². The molecule has 0 spiro atoms. The van der Waals surface area contributed by atoms with Crippen LogP contribution in [0.3, 0.4) is 0 Å². The Morgan fingerprint density at radius 2 is 1.60 bits per heavy atom. The van der Waals surface area contributed by atoms with Crippen LogP contribution in [-0.4, -0.2) is 74.8 Å². The summed E-state index contributed by atoms with van der Waals surface area (Å²) in [5.74, 6) is -1.14. The number of carbonyl (C=O) groups excluding carboxylic acids is 2. The van der Waals surface area contributed by atoms with Gasteiger partial charge in [-0.05, 0) is 66.4 Å². The number of hydrogen-bond acceptors (Lipinski definition) is 8. The predicted octanol–water partition coefficient (Wildman–Crippen LogP) is 5.00. The van der Waals surface area contributed by atoms with E-state index in [1.54, 1.807) is 42.5 Å². The molecule has 1 aliphatic rings. The van der Waals surface area contributed by atoms with Crippen LogP contribution in [0.25, 0.3) is 0 Å². The van der Waals surface area contributed by atoms with Crippen molar-refractivity contribution in [1.82, 2.24) is 10.6 Å². The van der Waals surface area contributed by atoms with Crippen LogP contribution in [0.4, 0.5) is 30.2 Å². The molecule has 16 heteroatoms. The van der Waals surface area contributed by atoms with Gasteiger partial charge in [0.2, 0.25) is 15.9 Å². The number of halogens is 3. The number of nitrogens with zero attached hydrogens (tertiary/aromatic N) is 2. The third kappa shape index (κ3) is 12.1. The summed E-state index contributed by atoms with van der Waals surface area (Å²) in [7, 11) is -3.90. The SMILES string of the molecule is CS(=O)(=O)N(c1ccccc1)c1cc(C(=O)N[C@@H](Cc2ccccc2)[C@H](O)CNCc2cccc(OC(F)(F)F)c2)cc(N2CCCC2=O)c1.O=CO. The molecule has 0 aromatic heterocycles. The van der Waals surface area contributed by atoms with Crippen molar-refractivity contribution in [3.8, 4) is 5.75 Å². The van der Waals surface area contributed by atoms with Crippen molar-refractivity contribution in [2.24, 2.45) is 0 Å². The van der Waals surface area contributed by atoms with Gasteiger partial charge in [-0.3, -0.25) is 14.4 Å². The number of hydrogen-bond donors (Lipinski definition) is 4. The molecule has 0 aliphatic carbocycles. The average Bonchev–Trinajstić information content (AvgIpc) is 3.53. The topological polar surface area (TPSA) is 166 Å². The summed E-state index contributed by atoms with van der Waals surface area (Å²) in [6.45, 7) is 0.222. The predicted molar refractivity (Wildman–Crippen MR) is 192 cm³/mol. The Morgan fingerprint density at radius 3 is 2.21 bits per heavy atom. The molecule has 12 nitrogen and oxygen atoms in total. The molecule has 4 N–H and O–H groups in total. The van der Waals surface area contributed by atoms with Gasteiger partial charge in [-0.2, -0.15) is 0 Å². The monoisotopic (exact) mass is 756 g/mol. The van der Waals surface area contributed by atoms with E-state index in [9.17, 15) is 36.3 Å². The Labute approximate surface area is 304 Å². The molecule has 1 heterocycles. The largest absolute Gasteiger partial charge is 0.573 e. The lowest BCUT2D eigenvalue weighted by Crippen LogP contribution is -2.48. The van der Waals surface area contributed by atoms with Gasteiger partial charge in [0.05, 0.1) is 29.8 Å². The first-order valence-corrected chi connectivity index (χ1v) is 18.2. The zero-order valence-electron chi connectivity index (χ0n) is 28.6. The van der Waals surface area contributed by atoms with E-state index in [0.29, 0.717) is 36.3 Å². The minimum absolute atomic E-state index is 0.0361. The molecule has 4 aromatic carbocycles. The maximum atomic E-state index is 14.0. The number of rotatable bonds is 14. The average molecular weight is 757 g/mol. The number of sulfonamides is 1. The van der Waals surface area contributed by atoms with Gasteiger partial charge in [-0.15, -0.1) is 13.2 Å². The lowest BCUT2D eigenvalue weighted by atomic mass is 10.00. The van der Waals surface area contributed by atoms with Crippen LogP contribution in [0.5, 0.6) is 5.75 Å². The number of aliphatic hydroxyl groups is 1. The van der Waals surface area contributed by atoms with E-state index in [2.05, 4.69) is 15.4 Å². The van der Waals surface area contributed by atoms with Gasteiger partial charge in [-0.25, -0.2) is 12.7 Å². The van der Waals surface area contributed by atoms with E-state index in [1.165, 1.54) is 35.2 Å². The zero-order chi connectivity index (χ0) is 38.6. The van der Waals surface area contributed by atoms with Gasteiger partial charge in [0.25, 0.3) is 12.4 Å². The van der Waals surface area contributed by atoms with Crippen LogP contribution in [-0.2, 0) is 32.6 Å². The number of carboxylic acid groups (broad SMARTS) is 1. The van der Waals surface area contributed by atoms with E-state index < -0.39 is 34.4 Å². The molecule has 2 amide bonds. The maximum absolute atomic E-state index is 14.0. The standard InChI is InChI=1S/C36H37F3N4O6S.CH2O2/c1-50(47,48)43(28-13-6-3-7-14-28)30-21-27(20-29(22-30)42-17-9-16-34(42)45)35(46)41-32(19-25-10-4-2-5-11-25)33(44)24-40-23-26-12-8-15-31(18-26)49-36(37,38)39;2-1-3/h2-8,10-15,18,20-22,32-33,40,44H,9,16-17,19,23-24H2,1H3,(H,41,46);1H,(H,2,3)/t32-,33+;/m0./s1. The Bertz CT molecular complexity index is 1950. The number of benzene rings is 4. The molecule has 0 radical (unpaired) electrons. The second kappa shape index (κ2) is 18.3. The highest BCUT2D eigenvalue weighted by atomic mass is 32.2. The number of anilines is 3. The minimum Gasteiger partial charge on any atom is -0.483 e. The van der Waals surface area contributed by atoms with E-state index in [0.717, 1.165) is 16.1 Å². The first-order valence-electron chi connectivity index (χ1n) is 16.4.